The molecule has 20 heavy (non-hydrogen) atoms. The summed E-state index contributed by atoms with van der Waals surface area (Å²) < 4.78 is 39.8. The van der Waals surface area contributed by atoms with Gasteiger partial charge in [0.05, 0.1) is 0 Å². The van der Waals surface area contributed by atoms with Crippen molar-refractivity contribution in [3.05, 3.63) is 28.2 Å². The summed E-state index contributed by atoms with van der Waals surface area (Å²) in [6, 6.07) is 0.502. The van der Waals surface area contributed by atoms with Crippen molar-refractivity contribution in [2.24, 2.45) is 7.05 Å². The van der Waals surface area contributed by atoms with Gasteiger partial charge >= 0.3 is 6.18 Å². The van der Waals surface area contributed by atoms with Crippen LogP contribution >= 0.6 is 0 Å². The maximum atomic E-state index is 12.9. The minimum absolute atomic E-state index is 0.0491. The molecule has 1 atom stereocenters. The van der Waals surface area contributed by atoms with Crippen LogP contribution in [0.1, 0.15) is 29.8 Å². The lowest BCUT2D eigenvalue weighted by Gasteiger charge is -2.36. The van der Waals surface area contributed by atoms with Gasteiger partial charge in [-0.25, -0.2) is 4.68 Å². The van der Waals surface area contributed by atoms with E-state index < -0.39 is 23.7 Å². The lowest BCUT2D eigenvalue weighted by molar-refractivity contribution is -0.183. The molecule has 5 nitrogen and oxygen atoms in total. The van der Waals surface area contributed by atoms with Gasteiger partial charge in [0.2, 0.25) is 0 Å². The molecular formula is C12H14F3N3O2. The summed E-state index contributed by atoms with van der Waals surface area (Å²) >= 11 is 0. The lowest BCUT2D eigenvalue weighted by atomic mass is 10.0. The Morgan fingerprint density at radius 3 is 2.65 bits per heavy atom. The summed E-state index contributed by atoms with van der Waals surface area (Å²) in [7, 11) is 1.34. The number of aryl methyl sites for hydroxylation is 1. The molecule has 1 saturated heterocycles. The van der Waals surface area contributed by atoms with Crippen molar-refractivity contribution < 1.29 is 18.0 Å². The number of piperidine rings is 1. The highest BCUT2D eigenvalue weighted by Crippen LogP contribution is 2.32. The molecule has 1 amide bonds. The second-order valence-electron chi connectivity index (χ2n) is 4.73. The van der Waals surface area contributed by atoms with E-state index in [1.807, 2.05) is 0 Å². The van der Waals surface area contributed by atoms with Gasteiger partial charge in [0, 0.05) is 19.7 Å². The fourth-order valence-corrected chi connectivity index (χ4v) is 2.28. The van der Waals surface area contributed by atoms with Crippen LogP contribution < -0.4 is 5.56 Å². The van der Waals surface area contributed by atoms with Crippen LogP contribution in [0, 0.1) is 0 Å². The van der Waals surface area contributed by atoms with E-state index in [0.717, 1.165) is 21.7 Å². The highest BCUT2D eigenvalue weighted by atomic mass is 19.4. The molecule has 0 saturated carbocycles. The van der Waals surface area contributed by atoms with Crippen molar-refractivity contribution in [3.63, 3.8) is 0 Å². The minimum atomic E-state index is -4.45. The average molecular weight is 289 g/mol. The molecule has 8 heteroatoms. The van der Waals surface area contributed by atoms with Gasteiger partial charge in [-0.15, -0.1) is 0 Å². The van der Waals surface area contributed by atoms with Crippen molar-refractivity contribution in [2.75, 3.05) is 6.54 Å². The van der Waals surface area contributed by atoms with Gasteiger partial charge in [-0.2, -0.15) is 18.3 Å². The Morgan fingerprint density at radius 2 is 2.05 bits per heavy atom. The van der Waals surface area contributed by atoms with Crippen molar-refractivity contribution in [3.8, 4) is 0 Å². The summed E-state index contributed by atoms with van der Waals surface area (Å²) in [6.07, 6.45) is -3.57. The normalized spacial score (nSPS) is 20.0. The molecule has 0 spiro atoms. The monoisotopic (exact) mass is 289 g/mol. The van der Waals surface area contributed by atoms with Gasteiger partial charge < -0.3 is 4.90 Å². The maximum Gasteiger partial charge on any atom is 0.408 e. The summed E-state index contributed by atoms with van der Waals surface area (Å²) in [4.78, 5) is 24.2. The van der Waals surface area contributed by atoms with Crippen LogP contribution in [0.3, 0.4) is 0 Å². The fraction of sp³-hybridized carbons (Fsp3) is 0.583. The second-order valence-corrected chi connectivity index (χ2v) is 4.73. The SMILES string of the molecule is Cn1nc(C(=O)N2CCCCC2C(F)(F)F)ccc1=O. The number of carbonyl (C=O) groups is 1. The van der Waals surface area contributed by atoms with Gasteiger partial charge in [-0.1, -0.05) is 0 Å². The molecule has 0 N–H and O–H groups in total. The van der Waals surface area contributed by atoms with Gasteiger partial charge in [-0.3, -0.25) is 9.59 Å². The average Bonchev–Trinajstić information content (AvgIpc) is 2.40. The number of hydrogen-bond acceptors (Lipinski definition) is 3. The summed E-state index contributed by atoms with van der Waals surface area (Å²) in [6.45, 7) is 0.0491. The molecule has 1 unspecified atom stereocenters. The maximum absolute atomic E-state index is 12.9. The summed E-state index contributed by atoms with van der Waals surface area (Å²) in [5.41, 5.74) is -0.573. The second kappa shape index (κ2) is 5.26. The van der Waals surface area contributed by atoms with E-state index in [2.05, 4.69) is 5.10 Å². The Labute approximate surface area is 113 Å². The van der Waals surface area contributed by atoms with Gasteiger partial charge in [-0.05, 0) is 25.3 Å². The Kier molecular flexibility index (Phi) is 3.82. The molecule has 2 rings (SSSR count). The smallest absolute Gasteiger partial charge is 0.325 e. The Hall–Kier alpha value is -1.86. The third kappa shape index (κ3) is 2.83. The largest absolute Gasteiger partial charge is 0.408 e. The fourth-order valence-electron chi connectivity index (χ4n) is 2.28. The quantitative estimate of drug-likeness (QED) is 0.784. The number of halogens is 3. The van der Waals surface area contributed by atoms with Crippen LogP contribution in [0.4, 0.5) is 13.2 Å². The van der Waals surface area contributed by atoms with Crippen LogP contribution in [-0.2, 0) is 7.05 Å². The molecule has 1 aliphatic heterocycles. The molecule has 0 bridgehead atoms. The third-order valence-electron chi connectivity index (χ3n) is 3.32. The molecule has 2 heterocycles. The highest BCUT2D eigenvalue weighted by Gasteiger charge is 2.46. The first-order valence-corrected chi connectivity index (χ1v) is 6.23. The minimum Gasteiger partial charge on any atom is -0.325 e. The molecule has 1 fully saturated rings. The number of rotatable bonds is 1. The first kappa shape index (κ1) is 14.5. The number of aromatic nitrogens is 2. The molecule has 1 aromatic rings. The van der Waals surface area contributed by atoms with E-state index in [-0.39, 0.29) is 18.7 Å². The zero-order valence-corrected chi connectivity index (χ0v) is 10.9. The van der Waals surface area contributed by atoms with E-state index in [1.54, 1.807) is 0 Å². The van der Waals surface area contributed by atoms with Gasteiger partial charge in [0.1, 0.15) is 11.7 Å². The van der Waals surface area contributed by atoms with E-state index in [0.29, 0.717) is 12.8 Å². The number of likely N-dealkylation sites (tertiary alicyclic amines) is 1. The predicted octanol–water partition coefficient (Wildman–Crippen LogP) is 1.34. The zero-order chi connectivity index (χ0) is 14.9. The lowest BCUT2D eigenvalue weighted by Crippen LogP contribution is -2.51. The molecule has 0 aliphatic carbocycles. The van der Waals surface area contributed by atoms with E-state index in [9.17, 15) is 22.8 Å². The van der Waals surface area contributed by atoms with Crippen molar-refractivity contribution in [1.82, 2.24) is 14.7 Å². The van der Waals surface area contributed by atoms with Crippen LogP contribution in [0.2, 0.25) is 0 Å². The van der Waals surface area contributed by atoms with Crippen LogP contribution in [0.15, 0.2) is 16.9 Å². The van der Waals surface area contributed by atoms with Crippen molar-refractivity contribution >= 4 is 5.91 Å². The number of carbonyl (C=O) groups excluding carboxylic acids is 1. The highest BCUT2D eigenvalue weighted by molar-refractivity contribution is 5.92. The zero-order valence-electron chi connectivity index (χ0n) is 10.9. The number of nitrogens with zero attached hydrogens (tertiary/aromatic N) is 3. The Morgan fingerprint density at radius 1 is 1.35 bits per heavy atom. The molecule has 0 radical (unpaired) electrons. The van der Waals surface area contributed by atoms with Gasteiger partial charge in [0.15, 0.2) is 0 Å². The van der Waals surface area contributed by atoms with Crippen LogP contribution in [0.5, 0.6) is 0 Å². The number of hydrogen-bond donors (Lipinski definition) is 0. The van der Waals surface area contributed by atoms with Crippen LogP contribution in [-0.4, -0.2) is 39.4 Å². The van der Waals surface area contributed by atoms with Gasteiger partial charge in [0.25, 0.3) is 11.5 Å². The topological polar surface area (TPSA) is 55.2 Å². The Bertz CT molecular complexity index is 568. The molecule has 110 valence electrons. The number of alkyl halides is 3. The van der Waals surface area contributed by atoms with Crippen molar-refractivity contribution in [2.45, 2.75) is 31.5 Å². The Balaban J connectivity index is 2.30. The molecule has 1 aliphatic rings. The standard InChI is InChI=1S/C12H14F3N3O2/c1-17-10(19)6-5-8(16-17)11(20)18-7-3-2-4-9(18)12(13,14)15/h5-6,9H,2-4,7H2,1H3. The van der Waals surface area contributed by atoms with E-state index >= 15 is 0 Å². The predicted molar refractivity (Wildman–Crippen MR) is 64.2 cm³/mol. The third-order valence-corrected chi connectivity index (χ3v) is 3.32. The van der Waals surface area contributed by atoms with Crippen molar-refractivity contribution in [1.29, 1.82) is 0 Å². The van der Waals surface area contributed by atoms with E-state index in [4.69, 9.17) is 0 Å². The first-order valence-electron chi connectivity index (χ1n) is 6.23. The van der Waals surface area contributed by atoms with E-state index in [1.165, 1.54) is 7.05 Å². The summed E-state index contributed by atoms with van der Waals surface area (Å²) in [5.74, 6) is -0.789. The molecule has 0 aromatic carbocycles. The molecular weight excluding hydrogens is 275 g/mol. The molecule has 1 aromatic heterocycles. The number of amides is 1. The first-order chi connectivity index (χ1) is 9.30. The summed E-state index contributed by atoms with van der Waals surface area (Å²) in [5, 5.41) is 3.71. The van der Waals surface area contributed by atoms with Crippen LogP contribution in [0.25, 0.3) is 0 Å².